The summed E-state index contributed by atoms with van der Waals surface area (Å²) >= 11 is 6.13. The molecule has 0 amide bonds. The molecule has 0 fully saturated rings. The number of alkyl halides is 1. The van der Waals surface area contributed by atoms with Crippen molar-refractivity contribution in [1.29, 1.82) is 0 Å². The van der Waals surface area contributed by atoms with Gasteiger partial charge in [-0.1, -0.05) is 30.3 Å². The molecule has 0 saturated carbocycles. The van der Waals surface area contributed by atoms with E-state index in [0.29, 0.717) is 19.1 Å². The Morgan fingerprint density at radius 2 is 1.65 bits per heavy atom. The summed E-state index contributed by atoms with van der Waals surface area (Å²) in [5.74, 6) is 0.534. The molecular formula is C13H21ClO2Si. The first kappa shape index (κ1) is 14.7. The second-order valence-electron chi connectivity index (χ2n) is 4.00. The maximum Gasteiger partial charge on any atom is 0.343 e. The SMILES string of the molecule is CCO[Si](C)(OCC)C(CCl)c1ccccc1. The highest BCUT2D eigenvalue weighted by molar-refractivity contribution is 6.68. The van der Waals surface area contributed by atoms with Crippen molar-refractivity contribution in [2.75, 3.05) is 19.1 Å². The van der Waals surface area contributed by atoms with Crippen LogP contribution in [0.2, 0.25) is 6.55 Å². The third kappa shape index (κ3) is 3.81. The minimum Gasteiger partial charge on any atom is -0.394 e. The van der Waals surface area contributed by atoms with Gasteiger partial charge in [0.1, 0.15) is 0 Å². The minimum absolute atomic E-state index is 0.172. The monoisotopic (exact) mass is 272 g/mol. The van der Waals surface area contributed by atoms with Crippen LogP contribution in [0.4, 0.5) is 0 Å². The zero-order chi connectivity index (χ0) is 12.7. The van der Waals surface area contributed by atoms with E-state index in [0.717, 1.165) is 0 Å². The highest BCUT2D eigenvalue weighted by atomic mass is 35.5. The third-order valence-corrected chi connectivity index (χ3v) is 6.95. The van der Waals surface area contributed by atoms with Gasteiger partial charge in [-0.25, -0.2) is 0 Å². The first-order valence-electron chi connectivity index (χ1n) is 6.06. The van der Waals surface area contributed by atoms with E-state index in [1.807, 2.05) is 32.0 Å². The lowest BCUT2D eigenvalue weighted by atomic mass is 10.2. The van der Waals surface area contributed by atoms with Crippen molar-refractivity contribution in [2.45, 2.75) is 25.9 Å². The molecule has 0 N–H and O–H groups in total. The van der Waals surface area contributed by atoms with Crippen LogP contribution >= 0.6 is 11.6 Å². The molecule has 0 heterocycles. The van der Waals surface area contributed by atoms with Gasteiger partial charge in [-0.3, -0.25) is 0 Å². The van der Waals surface area contributed by atoms with Crippen molar-refractivity contribution in [3.63, 3.8) is 0 Å². The zero-order valence-electron chi connectivity index (χ0n) is 10.8. The number of rotatable bonds is 7. The van der Waals surface area contributed by atoms with E-state index in [4.69, 9.17) is 20.5 Å². The van der Waals surface area contributed by atoms with Crippen molar-refractivity contribution in [1.82, 2.24) is 0 Å². The fraction of sp³-hybridized carbons (Fsp3) is 0.538. The van der Waals surface area contributed by atoms with Gasteiger partial charge in [0, 0.05) is 24.6 Å². The van der Waals surface area contributed by atoms with Gasteiger partial charge in [-0.15, -0.1) is 11.6 Å². The predicted octanol–water partition coefficient (Wildman–Crippen LogP) is 3.69. The molecule has 0 spiro atoms. The molecule has 0 aromatic heterocycles. The summed E-state index contributed by atoms with van der Waals surface area (Å²) in [5.41, 5.74) is 1.38. The van der Waals surface area contributed by atoms with Gasteiger partial charge in [0.2, 0.25) is 0 Å². The summed E-state index contributed by atoms with van der Waals surface area (Å²) in [6.07, 6.45) is 0. The molecule has 0 aliphatic heterocycles. The van der Waals surface area contributed by atoms with E-state index in [-0.39, 0.29) is 5.54 Å². The number of hydrogen-bond acceptors (Lipinski definition) is 2. The van der Waals surface area contributed by atoms with Crippen LogP contribution in [0, 0.1) is 0 Å². The Morgan fingerprint density at radius 1 is 1.12 bits per heavy atom. The van der Waals surface area contributed by atoms with E-state index in [1.165, 1.54) is 5.56 Å². The zero-order valence-corrected chi connectivity index (χ0v) is 12.5. The lowest BCUT2D eigenvalue weighted by molar-refractivity contribution is 0.181. The normalized spacial score (nSPS) is 13.6. The Bertz CT molecular complexity index is 312. The molecule has 4 heteroatoms. The maximum absolute atomic E-state index is 6.13. The van der Waals surface area contributed by atoms with Crippen molar-refractivity contribution in [3.8, 4) is 0 Å². The van der Waals surface area contributed by atoms with Crippen LogP contribution in [0.1, 0.15) is 25.0 Å². The number of hydrogen-bond donors (Lipinski definition) is 0. The van der Waals surface area contributed by atoms with Crippen molar-refractivity contribution < 1.29 is 8.85 Å². The van der Waals surface area contributed by atoms with Crippen LogP contribution < -0.4 is 0 Å². The maximum atomic E-state index is 6.13. The molecule has 96 valence electrons. The predicted molar refractivity (Wildman–Crippen MR) is 74.8 cm³/mol. The average Bonchev–Trinajstić information content (AvgIpc) is 2.31. The standard InChI is InChI=1S/C13H21ClO2Si/c1-4-15-17(3,16-5-2)13(11-14)12-9-7-6-8-10-12/h6-10,13H,4-5,11H2,1-3H3. The van der Waals surface area contributed by atoms with Gasteiger partial charge in [-0.05, 0) is 26.0 Å². The van der Waals surface area contributed by atoms with Crippen LogP contribution in [0.15, 0.2) is 30.3 Å². The van der Waals surface area contributed by atoms with E-state index in [1.54, 1.807) is 0 Å². The second-order valence-corrected chi connectivity index (χ2v) is 7.61. The molecule has 0 radical (unpaired) electrons. The lowest BCUT2D eigenvalue weighted by Gasteiger charge is -2.33. The van der Waals surface area contributed by atoms with Crippen molar-refractivity contribution >= 4 is 20.2 Å². The molecule has 1 aromatic rings. The van der Waals surface area contributed by atoms with Crippen molar-refractivity contribution in [2.24, 2.45) is 0 Å². The summed E-state index contributed by atoms with van der Waals surface area (Å²) in [6.45, 7) is 7.44. The van der Waals surface area contributed by atoms with Crippen LogP contribution in [0.3, 0.4) is 0 Å². The topological polar surface area (TPSA) is 18.5 Å². The minimum atomic E-state index is -2.25. The molecule has 0 aliphatic rings. The van der Waals surface area contributed by atoms with E-state index >= 15 is 0 Å². The summed E-state index contributed by atoms with van der Waals surface area (Å²) in [6, 6.07) is 10.3. The van der Waals surface area contributed by atoms with Crippen LogP contribution in [-0.2, 0) is 8.85 Å². The molecular weight excluding hydrogens is 252 g/mol. The van der Waals surface area contributed by atoms with Gasteiger partial charge in [0.25, 0.3) is 0 Å². The second kappa shape index (κ2) is 7.16. The molecule has 1 rings (SSSR count). The van der Waals surface area contributed by atoms with Gasteiger partial charge in [0.05, 0.1) is 0 Å². The first-order valence-corrected chi connectivity index (χ1v) is 8.99. The Kier molecular flexibility index (Phi) is 6.20. The van der Waals surface area contributed by atoms with Crippen LogP contribution in [-0.4, -0.2) is 27.7 Å². The van der Waals surface area contributed by atoms with Crippen molar-refractivity contribution in [3.05, 3.63) is 35.9 Å². The fourth-order valence-electron chi connectivity index (χ4n) is 2.03. The third-order valence-electron chi connectivity index (χ3n) is 2.85. The Labute approximate surface area is 110 Å². The van der Waals surface area contributed by atoms with Gasteiger partial charge >= 0.3 is 8.56 Å². The highest BCUT2D eigenvalue weighted by Gasteiger charge is 2.41. The van der Waals surface area contributed by atoms with Gasteiger partial charge < -0.3 is 8.85 Å². The molecule has 17 heavy (non-hydrogen) atoms. The molecule has 1 unspecified atom stereocenters. The molecule has 1 atom stereocenters. The van der Waals surface area contributed by atoms with Gasteiger partial charge in [-0.2, -0.15) is 0 Å². The van der Waals surface area contributed by atoms with Crippen LogP contribution in [0.5, 0.6) is 0 Å². The summed E-state index contributed by atoms with van der Waals surface area (Å²) in [5, 5.41) is 0. The largest absolute Gasteiger partial charge is 0.394 e. The molecule has 2 nitrogen and oxygen atoms in total. The summed E-state index contributed by atoms with van der Waals surface area (Å²) < 4.78 is 11.8. The number of halogens is 1. The summed E-state index contributed by atoms with van der Waals surface area (Å²) in [7, 11) is -2.25. The lowest BCUT2D eigenvalue weighted by Crippen LogP contribution is -2.46. The summed E-state index contributed by atoms with van der Waals surface area (Å²) in [4.78, 5) is 0. The first-order chi connectivity index (χ1) is 8.18. The molecule has 0 bridgehead atoms. The van der Waals surface area contributed by atoms with E-state index in [2.05, 4.69) is 18.7 Å². The Hall–Kier alpha value is -0.353. The molecule has 0 aliphatic carbocycles. The smallest absolute Gasteiger partial charge is 0.343 e. The fourth-order valence-corrected chi connectivity index (χ4v) is 5.76. The number of benzene rings is 1. The van der Waals surface area contributed by atoms with Gasteiger partial charge in [0.15, 0.2) is 0 Å². The Balaban J connectivity index is 2.97. The quantitative estimate of drug-likeness (QED) is 0.557. The van der Waals surface area contributed by atoms with E-state index in [9.17, 15) is 0 Å². The van der Waals surface area contributed by atoms with Crippen LogP contribution in [0.25, 0.3) is 0 Å². The molecule has 1 aromatic carbocycles. The Morgan fingerprint density at radius 3 is 2.06 bits per heavy atom. The molecule has 0 saturated heterocycles. The highest BCUT2D eigenvalue weighted by Crippen LogP contribution is 2.30. The average molecular weight is 273 g/mol. The van der Waals surface area contributed by atoms with E-state index < -0.39 is 8.56 Å².